The van der Waals surface area contributed by atoms with E-state index in [9.17, 15) is 4.79 Å². The summed E-state index contributed by atoms with van der Waals surface area (Å²) in [5, 5.41) is 5.65. The number of pyridine rings is 1. The molecule has 10 heteroatoms. The van der Waals surface area contributed by atoms with Gasteiger partial charge in [-0.15, -0.1) is 5.10 Å². The Balaban J connectivity index is 1.24. The topological polar surface area (TPSA) is 101 Å². The zero-order valence-electron chi connectivity index (χ0n) is 20.6. The molecule has 0 atom stereocenters. The van der Waals surface area contributed by atoms with Crippen molar-refractivity contribution >= 4 is 33.1 Å². The molecule has 0 fully saturated rings. The van der Waals surface area contributed by atoms with Gasteiger partial charge in [0.15, 0.2) is 11.5 Å². The number of carbonyl (C=O) groups is 1. The molecule has 0 unspecified atom stereocenters. The molecule has 0 amide bonds. The largest absolute Gasteiger partial charge is 0.496 e. The average Bonchev–Trinajstić information content (AvgIpc) is 3.65. The van der Waals surface area contributed by atoms with Gasteiger partial charge in [0, 0.05) is 24.8 Å². The average molecular weight is 527 g/mol. The number of rotatable bonds is 9. The minimum Gasteiger partial charge on any atom is -0.496 e. The quantitative estimate of drug-likeness (QED) is 0.224. The number of imidazole rings is 1. The van der Waals surface area contributed by atoms with Gasteiger partial charge in [-0.05, 0) is 40.7 Å². The van der Waals surface area contributed by atoms with E-state index < -0.39 is 0 Å². The van der Waals surface area contributed by atoms with Gasteiger partial charge in [0.2, 0.25) is 4.96 Å². The lowest BCUT2D eigenvalue weighted by Crippen LogP contribution is -2.06. The van der Waals surface area contributed by atoms with E-state index >= 15 is 0 Å². The molecule has 190 valence electrons. The predicted octanol–water partition coefficient (Wildman–Crippen LogP) is 5.62. The third kappa shape index (κ3) is 4.69. The van der Waals surface area contributed by atoms with E-state index in [1.165, 1.54) is 11.3 Å². The summed E-state index contributed by atoms with van der Waals surface area (Å²) in [6, 6.07) is 18.6. The summed E-state index contributed by atoms with van der Waals surface area (Å²) in [6.07, 6.45) is 3.68. The second-order valence-electron chi connectivity index (χ2n) is 8.50. The number of furan rings is 1. The van der Waals surface area contributed by atoms with Crippen molar-refractivity contribution in [2.24, 2.45) is 0 Å². The van der Waals surface area contributed by atoms with Crippen LogP contribution in [0, 0.1) is 0 Å². The Morgan fingerprint density at radius 1 is 1.03 bits per heavy atom. The lowest BCUT2D eigenvalue weighted by molar-refractivity contribution is 0.0988. The van der Waals surface area contributed by atoms with Gasteiger partial charge in [-0.2, -0.15) is 0 Å². The van der Waals surface area contributed by atoms with Gasteiger partial charge < -0.3 is 18.6 Å². The lowest BCUT2D eigenvalue weighted by atomic mass is 10.0. The zero-order valence-corrected chi connectivity index (χ0v) is 21.4. The number of ether oxygens (including phenoxy) is 3. The molecule has 0 aliphatic rings. The number of methoxy groups -OCH3 is 2. The number of Topliss-reactive ketones (excluding diaryl/α,β-unsaturated/α-hetero) is 1. The molecular formula is C28H22N4O5S. The van der Waals surface area contributed by atoms with Crippen molar-refractivity contribution in [1.82, 2.24) is 19.6 Å². The molecule has 0 radical (unpaired) electrons. The van der Waals surface area contributed by atoms with Crippen LogP contribution in [0.1, 0.15) is 21.6 Å². The number of hydrogen-bond acceptors (Lipinski definition) is 9. The third-order valence-electron chi connectivity index (χ3n) is 5.96. The van der Waals surface area contributed by atoms with Gasteiger partial charge in [0.05, 0.1) is 25.8 Å². The van der Waals surface area contributed by atoms with Crippen molar-refractivity contribution in [2.75, 3.05) is 14.2 Å². The summed E-state index contributed by atoms with van der Waals surface area (Å²) in [5.74, 6) is 1.78. The number of ketones is 1. The molecule has 4 aromatic heterocycles. The summed E-state index contributed by atoms with van der Waals surface area (Å²) < 4.78 is 24.7. The highest BCUT2D eigenvalue weighted by Crippen LogP contribution is 2.37. The molecule has 0 saturated heterocycles. The smallest absolute Gasteiger partial charge is 0.294 e. The summed E-state index contributed by atoms with van der Waals surface area (Å²) in [6.45, 7) is 0.304. The molecule has 38 heavy (non-hydrogen) atoms. The fraction of sp³-hybridized carbons (Fsp3) is 0.143. The Bertz CT molecular complexity index is 1720. The number of fused-ring (bicyclic) bond motifs is 2. The first-order chi connectivity index (χ1) is 18.6. The summed E-state index contributed by atoms with van der Waals surface area (Å²) in [4.78, 5) is 22.0. The minimum atomic E-state index is -0.0307. The molecule has 2 aromatic carbocycles. The van der Waals surface area contributed by atoms with Gasteiger partial charge in [0.1, 0.15) is 35.1 Å². The monoisotopic (exact) mass is 526 g/mol. The van der Waals surface area contributed by atoms with Crippen LogP contribution in [0.25, 0.3) is 27.4 Å². The van der Waals surface area contributed by atoms with Crippen LogP contribution in [-0.4, -0.2) is 39.6 Å². The van der Waals surface area contributed by atoms with E-state index in [0.717, 1.165) is 16.5 Å². The van der Waals surface area contributed by atoms with Crippen molar-refractivity contribution < 1.29 is 23.4 Å². The fourth-order valence-corrected chi connectivity index (χ4v) is 4.82. The molecule has 0 aliphatic carbocycles. The Morgan fingerprint density at radius 2 is 1.92 bits per heavy atom. The van der Waals surface area contributed by atoms with Crippen molar-refractivity contribution in [1.29, 1.82) is 0 Å². The van der Waals surface area contributed by atoms with E-state index in [-0.39, 0.29) is 12.2 Å². The molecule has 6 rings (SSSR count). The molecule has 4 heterocycles. The first kappa shape index (κ1) is 23.7. The molecule has 0 saturated carbocycles. The van der Waals surface area contributed by atoms with Crippen LogP contribution in [0.15, 0.2) is 77.5 Å². The van der Waals surface area contributed by atoms with E-state index in [0.29, 0.717) is 51.0 Å². The summed E-state index contributed by atoms with van der Waals surface area (Å²) in [7, 11) is 3.17. The Hall–Kier alpha value is -4.70. The van der Waals surface area contributed by atoms with Crippen LogP contribution in [0.3, 0.4) is 0 Å². The second kappa shape index (κ2) is 9.98. The SMILES string of the molecule is COc1cc(OCc2cccc(CC(=O)c3ccccn3)c2)c2cc(-c3cn4nc(OC)sc4n3)oc2c1. The molecule has 0 aliphatic heterocycles. The van der Waals surface area contributed by atoms with Gasteiger partial charge in [-0.25, -0.2) is 9.50 Å². The van der Waals surface area contributed by atoms with Crippen LogP contribution in [-0.2, 0) is 13.0 Å². The van der Waals surface area contributed by atoms with Crippen molar-refractivity contribution in [3.63, 3.8) is 0 Å². The number of nitrogens with zero attached hydrogens (tertiary/aromatic N) is 4. The van der Waals surface area contributed by atoms with E-state index in [4.69, 9.17) is 18.6 Å². The molecule has 0 N–H and O–H groups in total. The van der Waals surface area contributed by atoms with E-state index in [1.54, 1.807) is 43.3 Å². The zero-order chi connectivity index (χ0) is 26.1. The maximum Gasteiger partial charge on any atom is 0.294 e. The normalized spacial score (nSPS) is 11.2. The first-order valence-electron chi connectivity index (χ1n) is 11.8. The van der Waals surface area contributed by atoms with Crippen molar-refractivity contribution in [2.45, 2.75) is 13.0 Å². The molecule has 0 spiro atoms. The predicted molar refractivity (Wildman–Crippen MR) is 142 cm³/mol. The van der Waals surface area contributed by atoms with Crippen LogP contribution in [0.2, 0.25) is 0 Å². The Labute approximate surface area is 221 Å². The summed E-state index contributed by atoms with van der Waals surface area (Å²) >= 11 is 1.35. The van der Waals surface area contributed by atoms with Gasteiger partial charge in [-0.1, -0.05) is 30.3 Å². The molecule has 9 nitrogen and oxygen atoms in total. The highest BCUT2D eigenvalue weighted by molar-refractivity contribution is 7.18. The Kier molecular flexibility index (Phi) is 6.22. The summed E-state index contributed by atoms with van der Waals surface area (Å²) in [5.41, 5.74) is 3.55. The van der Waals surface area contributed by atoms with Crippen LogP contribution in [0.5, 0.6) is 16.7 Å². The maximum atomic E-state index is 12.6. The standard InChI is InChI=1S/C28H22N4O5S/c1-34-19-12-24(36-16-18-7-5-6-17(10-18)11-23(33)21-8-3-4-9-29-21)20-14-26(37-25(20)13-19)22-15-32-27(30-22)38-28(31-32)35-2/h3-10,12-15H,11,16H2,1-2H3. The fourth-order valence-electron chi connectivity index (χ4n) is 4.12. The van der Waals surface area contributed by atoms with E-state index in [2.05, 4.69) is 15.1 Å². The molecular weight excluding hydrogens is 504 g/mol. The second-order valence-corrected chi connectivity index (χ2v) is 9.42. The number of hydrogen-bond donors (Lipinski definition) is 0. The maximum absolute atomic E-state index is 12.6. The van der Waals surface area contributed by atoms with Crippen LogP contribution in [0.4, 0.5) is 0 Å². The number of carbonyl (C=O) groups excluding carboxylic acids is 1. The van der Waals surface area contributed by atoms with Gasteiger partial charge >= 0.3 is 0 Å². The van der Waals surface area contributed by atoms with Crippen LogP contribution >= 0.6 is 11.3 Å². The molecule has 6 aromatic rings. The van der Waals surface area contributed by atoms with Crippen molar-refractivity contribution in [3.05, 3.63) is 89.9 Å². The van der Waals surface area contributed by atoms with Gasteiger partial charge in [-0.3, -0.25) is 9.78 Å². The minimum absolute atomic E-state index is 0.0307. The highest BCUT2D eigenvalue weighted by Gasteiger charge is 2.17. The van der Waals surface area contributed by atoms with Crippen LogP contribution < -0.4 is 14.2 Å². The molecule has 0 bridgehead atoms. The first-order valence-corrected chi connectivity index (χ1v) is 12.6. The lowest BCUT2D eigenvalue weighted by Gasteiger charge is -2.10. The number of benzene rings is 2. The Morgan fingerprint density at radius 3 is 2.71 bits per heavy atom. The van der Waals surface area contributed by atoms with Crippen molar-refractivity contribution in [3.8, 4) is 28.1 Å². The highest BCUT2D eigenvalue weighted by atomic mass is 32.1. The van der Waals surface area contributed by atoms with Gasteiger partial charge in [0.25, 0.3) is 5.19 Å². The van der Waals surface area contributed by atoms with E-state index in [1.807, 2.05) is 48.5 Å². The number of aromatic nitrogens is 4. The third-order valence-corrected chi connectivity index (χ3v) is 6.85.